The summed E-state index contributed by atoms with van der Waals surface area (Å²) in [7, 11) is 0. The van der Waals surface area contributed by atoms with Crippen molar-refractivity contribution in [3.63, 3.8) is 0 Å². The van der Waals surface area contributed by atoms with E-state index in [1.807, 2.05) is 42.0 Å². The zero-order valence-electron chi connectivity index (χ0n) is 12.0. The van der Waals surface area contributed by atoms with Gasteiger partial charge < -0.3 is 15.2 Å². The monoisotopic (exact) mass is 313 g/mol. The zero-order valence-corrected chi connectivity index (χ0v) is 12.8. The Morgan fingerprint density at radius 1 is 1.41 bits per heavy atom. The van der Waals surface area contributed by atoms with Gasteiger partial charge in [-0.1, -0.05) is 17.4 Å². The molecule has 0 saturated carbocycles. The number of amides is 1. The highest BCUT2D eigenvalue weighted by molar-refractivity contribution is 7.17. The van der Waals surface area contributed by atoms with E-state index in [1.165, 1.54) is 11.3 Å². The van der Waals surface area contributed by atoms with Crippen LogP contribution in [0.4, 0.5) is 10.8 Å². The number of aromatic nitrogens is 3. The van der Waals surface area contributed by atoms with Crippen LogP contribution in [0, 0.1) is 0 Å². The molecule has 1 aromatic carbocycles. The largest absolute Gasteiger partial charge is 0.362 e. The molecule has 0 atom stereocenters. The summed E-state index contributed by atoms with van der Waals surface area (Å²) in [4.78, 5) is 21.0. The molecule has 3 rings (SSSR count). The van der Waals surface area contributed by atoms with E-state index in [2.05, 4.69) is 20.6 Å². The fourth-order valence-corrected chi connectivity index (χ4v) is 2.74. The van der Waals surface area contributed by atoms with Gasteiger partial charge in [-0.15, -0.1) is 0 Å². The summed E-state index contributed by atoms with van der Waals surface area (Å²) in [6.07, 6.45) is 6.86. The first-order chi connectivity index (χ1) is 10.8. The van der Waals surface area contributed by atoms with Crippen LogP contribution >= 0.6 is 11.3 Å². The lowest BCUT2D eigenvalue weighted by atomic mass is 10.2. The van der Waals surface area contributed by atoms with Crippen LogP contribution in [0.3, 0.4) is 0 Å². The van der Waals surface area contributed by atoms with Gasteiger partial charge in [-0.05, 0) is 25.1 Å². The van der Waals surface area contributed by atoms with E-state index < -0.39 is 0 Å². The van der Waals surface area contributed by atoms with E-state index in [0.29, 0.717) is 4.88 Å². The van der Waals surface area contributed by atoms with Crippen LogP contribution in [0.15, 0.2) is 49.2 Å². The Hall–Kier alpha value is -2.67. The predicted molar refractivity (Wildman–Crippen MR) is 87.8 cm³/mol. The summed E-state index contributed by atoms with van der Waals surface area (Å²) in [6, 6.07) is 7.59. The van der Waals surface area contributed by atoms with Crippen molar-refractivity contribution < 1.29 is 4.79 Å². The van der Waals surface area contributed by atoms with Gasteiger partial charge in [0.05, 0.1) is 12.5 Å². The normalized spacial score (nSPS) is 10.4. The number of hydrogen-bond donors (Lipinski definition) is 2. The minimum absolute atomic E-state index is 0.163. The quantitative estimate of drug-likeness (QED) is 0.759. The Balaban J connectivity index is 1.75. The van der Waals surface area contributed by atoms with Gasteiger partial charge in [0.25, 0.3) is 5.91 Å². The number of rotatable bonds is 5. The van der Waals surface area contributed by atoms with Crippen molar-refractivity contribution >= 4 is 28.1 Å². The molecule has 0 aliphatic rings. The standard InChI is InChI=1S/C15H15N5OS/c1-2-17-15-18-9-13(22-15)14(21)19-11-4-3-5-12(8-11)20-7-6-16-10-20/h3-10H,2H2,1H3,(H,17,18)(H,19,21). The van der Waals surface area contributed by atoms with Crippen LogP contribution in [0.25, 0.3) is 5.69 Å². The van der Waals surface area contributed by atoms with Crippen molar-refractivity contribution in [3.8, 4) is 5.69 Å². The lowest BCUT2D eigenvalue weighted by Gasteiger charge is -2.07. The highest BCUT2D eigenvalue weighted by atomic mass is 32.1. The first-order valence-corrected chi connectivity index (χ1v) is 7.67. The molecule has 0 unspecified atom stereocenters. The number of nitrogens with zero attached hydrogens (tertiary/aromatic N) is 3. The van der Waals surface area contributed by atoms with E-state index in [-0.39, 0.29) is 5.91 Å². The average molecular weight is 313 g/mol. The van der Waals surface area contributed by atoms with E-state index >= 15 is 0 Å². The van der Waals surface area contributed by atoms with Gasteiger partial charge in [0.1, 0.15) is 4.88 Å². The molecule has 0 fully saturated rings. The van der Waals surface area contributed by atoms with Gasteiger partial charge in [0.15, 0.2) is 5.13 Å². The minimum atomic E-state index is -0.163. The van der Waals surface area contributed by atoms with Gasteiger partial charge in [-0.3, -0.25) is 4.79 Å². The van der Waals surface area contributed by atoms with Crippen molar-refractivity contribution in [2.75, 3.05) is 17.2 Å². The maximum Gasteiger partial charge on any atom is 0.267 e. The highest BCUT2D eigenvalue weighted by Crippen LogP contribution is 2.20. The average Bonchev–Trinajstić information content (AvgIpc) is 3.19. The molecule has 2 aromatic heterocycles. The van der Waals surface area contributed by atoms with Crippen LogP contribution in [-0.2, 0) is 0 Å². The molecule has 0 spiro atoms. The molecule has 0 saturated heterocycles. The second-order valence-corrected chi connectivity index (χ2v) is 5.57. The topological polar surface area (TPSA) is 71.8 Å². The Labute approximate surface area is 131 Å². The number of thiazole rings is 1. The van der Waals surface area contributed by atoms with E-state index in [4.69, 9.17) is 0 Å². The molecular weight excluding hydrogens is 298 g/mol. The highest BCUT2D eigenvalue weighted by Gasteiger charge is 2.11. The summed E-state index contributed by atoms with van der Waals surface area (Å²) < 4.78 is 1.88. The molecule has 2 N–H and O–H groups in total. The summed E-state index contributed by atoms with van der Waals surface area (Å²) in [6.45, 7) is 2.77. The first-order valence-electron chi connectivity index (χ1n) is 6.85. The fraction of sp³-hybridized carbons (Fsp3) is 0.133. The summed E-state index contributed by atoms with van der Waals surface area (Å²) in [5.74, 6) is -0.163. The smallest absolute Gasteiger partial charge is 0.267 e. The summed E-state index contributed by atoms with van der Waals surface area (Å²) in [5.41, 5.74) is 1.67. The van der Waals surface area contributed by atoms with Gasteiger partial charge >= 0.3 is 0 Å². The Kier molecular flexibility index (Phi) is 4.15. The van der Waals surface area contributed by atoms with Gasteiger partial charge in [-0.2, -0.15) is 0 Å². The molecule has 112 valence electrons. The molecular formula is C15H15N5OS. The molecule has 6 nitrogen and oxygen atoms in total. The minimum Gasteiger partial charge on any atom is -0.362 e. The molecule has 1 amide bonds. The lowest BCUT2D eigenvalue weighted by Crippen LogP contribution is -2.10. The number of nitrogens with one attached hydrogen (secondary N) is 2. The van der Waals surface area contributed by atoms with E-state index in [0.717, 1.165) is 23.1 Å². The molecule has 3 aromatic rings. The van der Waals surface area contributed by atoms with Crippen molar-refractivity contribution in [1.82, 2.24) is 14.5 Å². The predicted octanol–water partition coefficient (Wildman–Crippen LogP) is 3.01. The number of carbonyl (C=O) groups excluding carboxylic acids is 1. The van der Waals surface area contributed by atoms with Gasteiger partial charge in [0, 0.05) is 30.3 Å². The summed E-state index contributed by atoms with van der Waals surface area (Å²) >= 11 is 1.34. The summed E-state index contributed by atoms with van der Waals surface area (Å²) in [5, 5.41) is 6.73. The van der Waals surface area contributed by atoms with E-state index in [1.54, 1.807) is 18.7 Å². The van der Waals surface area contributed by atoms with Gasteiger partial charge in [-0.25, -0.2) is 9.97 Å². The van der Waals surface area contributed by atoms with Crippen molar-refractivity contribution in [2.24, 2.45) is 0 Å². The van der Waals surface area contributed by atoms with Crippen LogP contribution in [0.2, 0.25) is 0 Å². The molecule has 0 bridgehead atoms. The molecule has 22 heavy (non-hydrogen) atoms. The van der Waals surface area contributed by atoms with E-state index in [9.17, 15) is 4.79 Å². The number of benzene rings is 1. The van der Waals surface area contributed by atoms with Crippen LogP contribution in [0.5, 0.6) is 0 Å². The molecule has 7 heteroatoms. The van der Waals surface area contributed by atoms with Crippen LogP contribution in [0.1, 0.15) is 16.6 Å². The van der Waals surface area contributed by atoms with Crippen molar-refractivity contribution in [1.29, 1.82) is 0 Å². The third kappa shape index (κ3) is 3.15. The third-order valence-electron chi connectivity index (χ3n) is 2.96. The second-order valence-electron chi connectivity index (χ2n) is 4.53. The molecule has 0 radical (unpaired) electrons. The van der Waals surface area contributed by atoms with Crippen molar-refractivity contribution in [2.45, 2.75) is 6.92 Å². The Morgan fingerprint density at radius 3 is 3.09 bits per heavy atom. The fourth-order valence-electron chi connectivity index (χ4n) is 1.96. The Morgan fingerprint density at radius 2 is 2.32 bits per heavy atom. The Bertz CT molecular complexity index is 766. The van der Waals surface area contributed by atoms with Gasteiger partial charge in [0.2, 0.25) is 0 Å². The van der Waals surface area contributed by atoms with Crippen LogP contribution < -0.4 is 10.6 Å². The maximum atomic E-state index is 12.2. The first kappa shape index (κ1) is 14.3. The molecule has 2 heterocycles. The molecule has 0 aliphatic heterocycles. The number of imidazole rings is 1. The number of anilines is 2. The third-order valence-corrected chi connectivity index (χ3v) is 3.92. The molecule has 0 aliphatic carbocycles. The zero-order chi connectivity index (χ0) is 15.4. The number of carbonyl (C=O) groups is 1. The SMILES string of the molecule is CCNc1ncc(C(=O)Nc2cccc(-n3ccnc3)c2)s1. The lowest BCUT2D eigenvalue weighted by molar-refractivity contribution is 0.103. The maximum absolute atomic E-state index is 12.2. The number of hydrogen-bond acceptors (Lipinski definition) is 5. The second kappa shape index (κ2) is 6.40. The van der Waals surface area contributed by atoms with Crippen LogP contribution in [-0.4, -0.2) is 27.0 Å². The van der Waals surface area contributed by atoms with Crippen molar-refractivity contribution in [3.05, 3.63) is 54.1 Å².